The number of benzene rings is 1. The number of ether oxygens (including phenoxy) is 1. The maximum absolute atomic E-state index is 11.7. The van der Waals surface area contributed by atoms with Crippen LogP contribution in [0.15, 0.2) is 35.7 Å². The molecule has 1 aromatic heterocycles. The molecule has 0 amide bonds. The molecule has 2 heterocycles. The number of halogens is 1. The summed E-state index contributed by atoms with van der Waals surface area (Å²) in [4.78, 5) is 14.9. The molecule has 24 heavy (non-hydrogen) atoms. The van der Waals surface area contributed by atoms with Gasteiger partial charge in [0.25, 0.3) is 0 Å². The topological polar surface area (TPSA) is 49.8 Å². The van der Waals surface area contributed by atoms with Gasteiger partial charge in [0.15, 0.2) is 0 Å². The summed E-state index contributed by atoms with van der Waals surface area (Å²) in [7, 11) is 0. The zero-order valence-electron chi connectivity index (χ0n) is 13.4. The van der Waals surface area contributed by atoms with Crippen molar-refractivity contribution in [3.05, 3.63) is 51.2 Å². The van der Waals surface area contributed by atoms with Gasteiger partial charge < -0.3 is 9.84 Å². The summed E-state index contributed by atoms with van der Waals surface area (Å²) in [6, 6.07) is 8.97. The van der Waals surface area contributed by atoms with Gasteiger partial charge in [-0.1, -0.05) is 17.7 Å². The molecule has 128 valence electrons. The van der Waals surface area contributed by atoms with Gasteiger partial charge in [-0.3, -0.25) is 9.69 Å². The van der Waals surface area contributed by atoms with Crippen LogP contribution in [0.25, 0.3) is 0 Å². The minimum Gasteiger partial charge on any atom is -0.494 e. The fourth-order valence-electron chi connectivity index (χ4n) is 3.33. The van der Waals surface area contributed by atoms with Crippen LogP contribution in [0.4, 0.5) is 0 Å². The lowest BCUT2D eigenvalue weighted by Crippen LogP contribution is -2.39. The summed E-state index contributed by atoms with van der Waals surface area (Å²) < 4.78 is 5.80. The number of hydrogen-bond acceptors (Lipinski definition) is 4. The van der Waals surface area contributed by atoms with Gasteiger partial charge in [-0.2, -0.15) is 0 Å². The molecule has 1 N–H and O–H groups in total. The van der Waals surface area contributed by atoms with Crippen molar-refractivity contribution < 1.29 is 14.6 Å². The summed E-state index contributed by atoms with van der Waals surface area (Å²) in [6.45, 7) is 3.24. The van der Waals surface area contributed by atoms with E-state index in [1.807, 2.05) is 36.6 Å². The third-order valence-electron chi connectivity index (χ3n) is 4.29. The fourth-order valence-corrected chi connectivity index (χ4v) is 4.37. The fraction of sp³-hybridized carbons (Fsp3) is 0.389. The Bertz CT molecular complexity index is 704. The number of thiophene rings is 1. The second-order valence-corrected chi connectivity index (χ2v) is 7.18. The van der Waals surface area contributed by atoms with Crippen LogP contribution in [0, 0.1) is 0 Å². The van der Waals surface area contributed by atoms with E-state index in [1.54, 1.807) is 17.4 Å². The van der Waals surface area contributed by atoms with Crippen molar-refractivity contribution in [2.24, 2.45) is 0 Å². The second kappa shape index (κ2) is 7.55. The smallest absolute Gasteiger partial charge is 0.320 e. The largest absolute Gasteiger partial charge is 0.494 e. The van der Waals surface area contributed by atoms with Gasteiger partial charge in [0.1, 0.15) is 11.8 Å². The average Bonchev–Trinajstić information content (AvgIpc) is 3.22. The van der Waals surface area contributed by atoms with Gasteiger partial charge in [-0.25, -0.2) is 0 Å². The van der Waals surface area contributed by atoms with E-state index < -0.39 is 12.0 Å². The van der Waals surface area contributed by atoms with E-state index >= 15 is 0 Å². The molecule has 1 aromatic carbocycles. The third kappa shape index (κ3) is 3.43. The second-order valence-electron chi connectivity index (χ2n) is 5.77. The van der Waals surface area contributed by atoms with Crippen molar-refractivity contribution in [1.82, 2.24) is 4.90 Å². The molecular formula is C18H20ClNO3S. The summed E-state index contributed by atoms with van der Waals surface area (Å²) in [5.41, 5.74) is 0.931. The first-order chi connectivity index (χ1) is 11.6. The number of carbonyl (C=O) groups is 1. The Hall–Kier alpha value is -1.56. The lowest BCUT2D eigenvalue weighted by atomic mass is 10.0. The third-order valence-corrected chi connectivity index (χ3v) is 5.45. The van der Waals surface area contributed by atoms with Crippen LogP contribution in [-0.2, 0) is 4.79 Å². The molecule has 4 nitrogen and oxygen atoms in total. The van der Waals surface area contributed by atoms with Crippen molar-refractivity contribution in [2.75, 3.05) is 13.2 Å². The first-order valence-corrected chi connectivity index (χ1v) is 9.31. The normalized spacial score (nSPS) is 19.3. The average molecular weight is 366 g/mol. The predicted molar refractivity (Wildman–Crippen MR) is 96.1 cm³/mol. The number of carboxylic acids is 1. The molecule has 0 bridgehead atoms. The van der Waals surface area contributed by atoms with Gasteiger partial charge in [0.05, 0.1) is 12.6 Å². The highest BCUT2D eigenvalue weighted by Crippen LogP contribution is 2.41. The Morgan fingerprint density at radius 2 is 2.33 bits per heavy atom. The summed E-state index contributed by atoms with van der Waals surface area (Å²) in [5.74, 6) is -0.00890. The zero-order chi connectivity index (χ0) is 17.1. The molecule has 1 fully saturated rings. The van der Waals surface area contributed by atoms with Gasteiger partial charge in [0, 0.05) is 22.0 Å². The number of aliphatic carboxylic acids is 1. The van der Waals surface area contributed by atoms with Crippen molar-refractivity contribution in [3.8, 4) is 5.75 Å². The van der Waals surface area contributed by atoms with E-state index in [4.69, 9.17) is 16.3 Å². The highest BCUT2D eigenvalue weighted by molar-refractivity contribution is 7.10. The molecule has 0 spiro atoms. The van der Waals surface area contributed by atoms with Crippen LogP contribution in [0.1, 0.15) is 36.2 Å². The van der Waals surface area contributed by atoms with E-state index in [2.05, 4.69) is 4.90 Å². The first-order valence-electron chi connectivity index (χ1n) is 8.06. The van der Waals surface area contributed by atoms with Crippen LogP contribution >= 0.6 is 22.9 Å². The van der Waals surface area contributed by atoms with Crippen LogP contribution in [-0.4, -0.2) is 35.2 Å². The number of nitrogens with zero attached hydrogens (tertiary/aromatic N) is 1. The number of likely N-dealkylation sites (tertiary alicyclic amines) is 1. The van der Waals surface area contributed by atoms with Gasteiger partial charge in [0.2, 0.25) is 0 Å². The quantitative estimate of drug-likeness (QED) is 0.822. The van der Waals surface area contributed by atoms with E-state index in [-0.39, 0.29) is 6.04 Å². The highest BCUT2D eigenvalue weighted by Gasteiger charge is 2.38. The minimum absolute atomic E-state index is 0.158. The molecule has 0 saturated carbocycles. The predicted octanol–water partition coefficient (Wildman–Crippen LogP) is 4.44. The van der Waals surface area contributed by atoms with Gasteiger partial charge in [-0.05, 0) is 49.4 Å². The Labute approximate surface area is 150 Å². The maximum Gasteiger partial charge on any atom is 0.320 e. The molecule has 0 aliphatic carbocycles. The molecule has 1 aliphatic heterocycles. The molecular weight excluding hydrogens is 346 g/mol. The van der Waals surface area contributed by atoms with Crippen molar-refractivity contribution >= 4 is 28.9 Å². The van der Waals surface area contributed by atoms with Crippen molar-refractivity contribution in [1.29, 1.82) is 0 Å². The number of hydrogen-bond donors (Lipinski definition) is 1. The van der Waals surface area contributed by atoms with Crippen LogP contribution < -0.4 is 4.74 Å². The highest BCUT2D eigenvalue weighted by atomic mass is 35.5. The number of carboxylic acid groups (broad SMARTS) is 1. The van der Waals surface area contributed by atoms with Crippen molar-refractivity contribution in [2.45, 2.75) is 31.8 Å². The van der Waals surface area contributed by atoms with Crippen LogP contribution in [0.5, 0.6) is 5.75 Å². The Balaban J connectivity index is 2.10. The van der Waals surface area contributed by atoms with Gasteiger partial charge in [-0.15, -0.1) is 11.3 Å². The molecule has 6 heteroatoms. The van der Waals surface area contributed by atoms with Crippen LogP contribution in [0.3, 0.4) is 0 Å². The monoisotopic (exact) mass is 365 g/mol. The van der Waals surface area contributed by atoms with E-state index in [0.29, 0.717) is 18.1 Å². The van der Waals surface area contributed by atoms with Gasteiger partial charge >= 0.3 is 5.97 Å². The zero-order valence-corrected chi connectivity index (χ0v) is 15.0. The lowest BCUT2D eigenvalue weighted by Gasteiger charge is -2.32. The maximum atomic E-state index is 11.7. The molecule has 0 radical (unpaired) electrons. The Kier molecular flexibility index (Phi) is 5.43. The molecule has 3 rings (SSSR count). The lowest BCUT2D eigenvalue weighted by molar-refractivity contribution is -0.142. The van der Waals surface area contributed by atoms with E-state index in [9.17, 15) is 9.90 Å². The SMILES string of the molecule is CCOc1ccc(Cl)cc1C(c1cccs1)N1CCCC1C(=O)O. The van der Waals surface area contributed by atoms with Crippen LogP contribution in [0.2, 0.25) is 5.02 Å². The van der Waals surface area contributed by atoms with E-state index in [0.717, 1.165) is 29.2 Å². The summed E-state index contributed by atoms with van der Waals surface area (Å²) in [5, 5.41) is 12.2. The molecule has 2 atom stereocenters. The molecule has 1 aliphatic rings. The minimum atomic E-state index is -0.769. The molecule has 1 saturated heterocycles. The molecule has 2 aromatic rings. The first kappa shape index (κ1) is 17.3. The van der Waals surface area contributed by atoms with E-state index in [1.165, 1.54) is 0 Å². The summed E-state index contributed by atoms with van der Waals surface area (Å²) >= 11 is 7.87. The standard InChI is InChI=1S/C18H20ClNO3S/c1-2-23-15-8-7-12(19)11-13(15)17(16-6-4-10-24-16)20-9-3-5-14(20)18(21)22/h4,6-8,10-11,14,17H,2-3,5,9H2,1H3,(H,21,22). The molecule has 2 unspecified atom stereocenters. The Morgan fingerprint density at radius 1 is 1.50 bits per heavy atom. The summed E-state index contributed by atoms with van der Waals surface area (Å²) in [6.07, 6.45) is 1.55. The Morgan fingerprint density at radius 3 is 3.00 bits per heavy atom. The van der Waals surface area contributed by atoms with Crippen molar-refractivity contribution in [3.63, 3.8) is 0 Å². The number of rotatable bonds is 6.